The maximum Gasteiger partial charge on any atom is 0.261 e. The molecule has 0 saturated heterocycles. The van der Waals surface area contributed by atoms with Gasteiger partial charge in [-0.1, -0.05) is 24.3 Å². The van der Waals surface area contributed by atoms with E-state index in [0.717, 1.165) is 11.1 Å². The molecule has 0 aliphatic heterocycles. The van der Waals surface area contributed by atoms with Crippen LogP contribution in [0.4, 0.5) is 0 Å². The van der Waals surface area contributed by atoms with Gasteiger partial charge in [-0.05, 0) is 5.56 Å². The molecule has 0 bridgehead atoms. The van der Waals surface area contributed by atoms with Crippen molar-refractivity contribution in [3.63, 3.8) is 0 Å². The minimum Gasteiger partial charge on any atom is -0.326 e. The second-order valence-electron chi connectivity index (χ2n) is 3.60. The van der Waals surface area contributed by atoms with Crippen molar-refractivity contribution < 1.29 is 13.0 Å². The summed E-state index contributed by atoms with van der Waals surface area (Å²) in [5.41, 5.74) is 7.54. The number of nitrogens with zero attached hydrogens (tertiary/aromatic N) is 3. The molecule has 2 aromatic rings. The van der Waals surface area contributed by atoms with Crippen molar-refractivity contribution in [3.05, 3.63) is 42.2 Å². The van der Waals surface area contributed by atoms with Crippen molar-refractivity contribution >= 4 is 10.1 Å². The number of hydrogen-bond acceptors (Lipinski definition) is 6. The summed E-state index contributed by atoms with van der Waals surface area (Å²) in [5, 5.41) is 7.68. The third-order valence-electron chi connectivity index (χ3n) is 1.93. The predicted molar refractivity (Wildman–Crippen MR) is 70.6 cm³/mol. The average Bonchev–Trinajstić information content (AvgIpc) is 2.38. The Morgan fingerprint density at radius 1 is 1.21 bits per heavy atom. The Labute approximate surface area is 111 Å². The monoisotopic (exact) mass is 282 g/mol. The fourth-order valence-electron chi connectivity index (χ4n) is 1.17. The Balaban J connectivity index is 0.000000312. The molecule has 8 heteroatoms. The van der Waals surface area contributed by atoms with E-state index in [1.807, 2.05) is 24.3 Å². The molecule has 0 spiro atoms. The van der Waals surface area contributed by atoms with Crippen LogP contribution in [0.1, 0.15) is 5.56 Å². The molecule has 0 radical (unpaired) electrons. The standard InChI is InChI=1S/C10H10N4.CH4O3S/c11-7-8-1-3-9(4-2-8)10-12-5-6-13-14-10;1-5(2,3)4/h1-6H,7,11H2;1H3,(H,2,3,4). The third kappa shape index (κ3) is 6.55. The molecule has 7 nitrogen and oxygen atoms in total. The summed E-state index contributed by atoms with van der Waals surface area (Å²) in [6.07, 6.45) is 3.89. The molecule has 1 aromatic carbocycles. The number of hydrogen-bond donors (Lipinski definition) is 2. The van der Waals surface area contributed by atoms with Gasteiger partial charge in [0.25, 0.3) is 10.1 Å². The number of nitrogens with two attached hydrogens (primary N) is 1. The van der Waals surface area contributed by atoms with Gasteiger partial charge in [-0.3, -0.25) is 4.55 Å². The maximum absolute atomic E-state index is 9.19. The molecule has 19 heavy (non-hydrogen) atoms. The smallest absolute Gasteiger partial charge is 0.261 e. The Morgan fingerprint density at radius 3 is 2.21 bits per heavy atom. The lowest BCUT2D eigenvalue weighted by atomic mass is 10.1. The molecule has 102 valence electrons. The van der Waals surface area contributed by atoms with Gasteiger partial charge in [0.1, 0.15) is 0 Å². The van der Waals surface area contributed by atoms with E-state index in [0.29, 0.717) is 18.6 Å². The van der Waals surface area contributed by atoms with Crippen LogP contribution >= 0.6 is 0 Å². The third-order valence-corrected chi connectivity index (χ3v) is 1.93. The quantitative estimate of drug-likeness (QED) is 0.770. The largest absolute Gasteiger partial charge is 0.326 e. The lowest BCUT2D eigenvalue weighted by molar-refractivity contribution is 0.490. The molecule has 0 unspecified atom stereocenters. The minimum absolute atomic E-state index is 0.550. The predicted octanol–water partition coefficient (Wildman–Crippen LogP) is 0.501. The molecule has 1 heterocycles. The zero-order valence-electron chi connectivity index (χ0n) is 10.3. The number of benzene rings is 1. The Hall–Kier alpha value is -1.90. The molecule has 0 saturated carbocycles. The van der Waals surface area contributed by atoms with E-state index in [9.17, 15) is 8.42 Å². The van der Waals surface area contributed by atoms with Gasteiger partial charge < -0.3 is 5.73 Å². The van der Waals surface area contributed by atoms with Crippen LogP contribution in [-0.2, 0) is 16.7 Å². The fourth-order valence-corrected chi connectivity index (χ4v) is 1.17. The minimum atomic E-state index is -3.67. The molecular formula is C11H14N4O3S. The first-order chi connectivity index (χ1) is 8.90. The van der Waals surface area contributed by atoms with Gasteiger partial charge in [0.05, 0.1) is 12.5 Å². The topological polar surface area (TPSA) is 119 Å². The first kappa shape index (κ1) is 15.2. The van der Waals surface area contributed by atoms with Crippen molar-refractivity contribution in [2.24, 2.45) is 5.73 Å². The summed E-state index contributed by atoms with van der Waals surface area (Å²) in [5.74, 6) is 0.635. The highest BCUT2D eigenvalue weighted by Gasteiger charge is 1.99. The van der Waals surface area contributed by atoms with Gasteiger partial charge in [0, 0.05) is 18.3 Å². The molecule has 0 atom stereocenters. The summed E-state index contributed by atoms with van der Waals surface area (Å²) in [6.45, 7) is 0.550. The van der Waals surface area contributed by atoms with Gasteiger partial charge >= 0.3 is 0 Å². The zero-order valence-corrected chi connectivity index (χ0v) is 11.1. The fraction of sp³-hybridized carbons (Fsp3) is 0.182. The van der Waals surface area contributed by atoms with Gasteiger partial charge in [-0.25, -0.2) is 4.98 Å². The summed E-state index contributed by atoms with van der Waals surface area (Å²) in [6, 6.07) is 7.82. The number of aromatic nitrogens is 3. The molecule has 2 rings (SSSR count). The van der Waals surface area contributed by atoms with E-state index < -0.39 is 10.1 Å². The van der Waals surface area contributed by atoms with Gasteiger partial charge in [0.2, 0.25) is 0 Å². The lowest BCUT2D eigenvalue weighted by Crippen LogP contribution is -1.96. The van der Waals surface area contributed by atoms with Crippen molar-refractivity contribution in [1.29, 1.82) is 0 Å². The SMILES string of the molecule is CS(=O)(=O)O.NCc1ccc(-c2nccnn2)cc1. The van der Waals surface area contributed by atoms with Gasteiger partial charge in [0.15, 0.2) is 5.82 Å². The lowest BCUT2D eigenvalue weighted by Gasteiger charge is -1.99. The molecule has 1 aromatic heterocycles. The van der Waals surface area contributed by atoms with Crippen molar-refractivity contribution in [3.8, 4) is 11.4 Å². The highest BCUT2D eigenvalue weighted by molar-refractivity contribution is 7.85. The molecule has 3 N–H and O–H groups in total. The van der Waals surface area contributed by atoms with Gasteiger partial charge in [-0.15, -0.1) is 5.10 Å². The zero-order chi connectivity index (χ0) is 14.3. The van der Waals surface area contributed by atoms with Crippen molar-refractivity contribution in [1.82, 2.24) is 15.2 Å². The first-order valence-electron chi connectivity index (χ1n) is 5.25. The van der Waals surface area contributed by atoms with Crippen LogP contribution in [0.5, 0.6) is 0 Å². The average molecular weight is 282 g/mol. The summed E-state index contributed by atoms with van der Waals surface area (Å²) >= 11 is 0. The summed E-state index contributed by atoms with van der Waals surface area (Å²) in [4.78, 5) is 4.10. The molecule has 0 aliphatic carbocycles. The molecule has 0 fully saturated rings. The van der Waals surface area contributed by atoms with E-state index in [1.54, 1.807) is 12.4 Å². The molecular weight excluding hydrogens is 268 g/mol. The van der Waals surface area contributed by atoms with Gasteiger partial charge in [-0.2, -0.15) is 13.5 Å². The second kappa shape index (κ2) is 6.88. The highest BCUT2D eigenvalue weighted by Crippen LogP contribution is 2.13. The first-order valence-corrected chi connectivity index (χ1v) is 7.10. The van der Waals surface area contributed by atoms with Crippen LogP contribution in [-0.4, -0.2) is 34.4 Å². The molecule has 0 aliphatic rings. The Bertz CT molecular complexity index is 592. The van der Waals surface area contributed by atoms with Crippen molar-refractivity contribution in [2.45, 2.75) is 6.54 Å². The van der Waals surface area contributed by atoms with Crippen molar-refractivity contribution in [2.75, 3.05) is 6.26 Å². The second-order valence-corrected chi connectivity index (χ2v) is 5.07. The van der Waals surface area contributed by atoms with Crippen LogP contribution in [0.15, 0.2) is 36.7 Å². The molecule has 0 amide bonds. The summed E-state index contributed by atoms with van der Waals surface area (Å²) < 4.78 is 25.9. The van der Waals surface area contributed by atoms with Crippen LogP contribution in [0.2, 0.25) is 0 Å². The normalized spacial score (nSPS) is 10.5. The van der Waals surface area contributed by atoms with E-state index >= 15 is 0 Å². The summed E-state index contributed by atoms with van der Waals surface area (Å²) in [7, 11) is -3.67. The maximum atomic E-state index is 9.19. The Kier molecular flexibility index (Phi) is 5.49. The van der Waals surface area contributed by atoms with Crippen LogP contribution in [0, 0.1) is 0 Å². The van der Waals surface area contributed by atoms with E-state index in [2.05, 4.69) is 15.2 Å². The number of rotatable bonds is 2. The Morgan fingerprint density at radius 2 is 1.79 bits per heavy atom. The van der Waals surface area contributed by atoms with Crippen LogP contribution in [0.25, 0.3) is 11.4 Å². The van der Waals surface area contributed by atoms with E-state index in [-0.39, 0.29) is 0 Å². The van der Waals surface area contributed by atoms with E-state index in [4.69, 9.17) is 10.3 Å². The van der Waals surface area contributed by atoms with Crippen LogP contribution < -0.4 is 5.73 Å². The van der Waals surface area contributed by atoms with Crippen LogP contribution in [0.3, 0.4) is 0 Å². The van der Waals surface area contributed by atoms with E-state index in [1.165, 1.54) is 0 Å². The highest BCUT2D eigenvalue weighted by atomic mass is 32.2.